The van der Waals surface area contributed by atoms with Crippen LogP contribution < -0.4 is 5.32 Å². The van der Waals surface area contributed by atoms with Crippen molar-refractivity contribution in [2.75, 3.05) is 38.8 Å². The Hall–Kier alpha value is -1.90. The van der Waals surface area contributed by atoms with E-state index in [9.17, 15) is 26.0 Å². The molecule has 0 radical (unpaired) electrons. The first-order chi connectivity index (χ1) is 15.8. The van der Waals surface area contributed by atoms with Gasteiger partial charge in [-0.05, 0) is 39.8 Å². The molecule has 1 N–H and O–H groups in total. The van der Waals surface area contributed by atoms with Crippen molar-refractivity contribution in [3.05, 3.63) is 22.7 Å². The Labute approximate surface area is 199 Å². The van der Waals surface area contributed by atoms with Gasteiger partial charge in [0.05, 0.1) is 22.3 Å². The summed E-state index contributed by atoms with van der Waals surface area (Å²) in [6, 6.07) is 0.0979. The topological polar surface area (TPSA) is 91.3 Å². The zero-order valence-corrected chi connectivity index (χ0v) is 20.6. The molecular weight excluding hydrogens is 496 g/mol. The Bertz CT molecular complexity index is 1140. The lowest BCUT2D eigenvalue weighted by molar-refractivity contribution is -0.140. The van der Waals surface area contributed by atoms with E-state index >= 15 is 0 Å². The van der Waals surface area contributed by atoms with Crippen molar-refractivity contribution in [2.45, 2.75) is 49.9 Å². The maximum absolute atomic E-state index is 14.6. The van der Waals surface area contributed by atoms with E-state index in [2.05, 4.69) is 20.3 Å². The molecular formula is C20H26F4N6O2S2. The van der Waals surface area contributed by atoms with Crippen LogP contribution in [0, 0.1) is 5.82 Å². The first-order valence-electron chi connectivity index (χ1n) is 10.8. The maximum atomic E-state index is 14.6. The minimum atomic E-state index is -4.75. The summed E-state index contributed by atoms with van der Waals surface area (Å²) in [6.45, 7) is 0.604. The first-order valence-corrected chi connectivity index (χ1v) is 13.5. The van der Waals surface area contributed by atoms with Crippen molar-refractivity contribution in [2.24, 2.45) is 0 Å². The van der Waals surface area contributed by atoms with Gasteiger partial charge in [-0.3, -0.25) is 0 Å². The third-order valence-electron chi connectivity index (χ3n) is 6.32. The standard InChI is InChI=1S/C20H26F4N6O2S2/c1-29(2)13-8-11(9-13)18-28-17(20(22,23)24)16(33-18)15-14(21)10-25-19(27-15)26-12-4-6-30(7-5-12)34(3,31)32/h10-13H,4-9H2,1-3H3,(H,25,26,27). The molecule has 0 atom stereocenters. The van der Waals surface area contributed by atoms with Gasteiger partial charge < -0.3 is 10.2 Å². The number of rotatable bonds is 6. The number of aromatic nitrogens is 3. The second-order valence-corrected chi connectivity index (χ2v) is 12.0. The number of nitrogens with one attached hydrogen (secondary N) is 1. The van der Waals surface area contributed by atoms with Crippen LogP contribution in [0.5, 0.6) is 0 Å². The van der Waals surface area contributed by atoms with Crippen LogP contribution in [0.3, 0.4) is 0 Å². The van der Waals surface area contributed by atoms with Gasteiger partial charge in [0.15, 0.2) is 11.5 Å². The van der Waals surface area contributed by atoms with E-state index < -0.39 is 33.4 Å². The van der Waals surface area contributed by atoms with Crippen LogP contribution in [0.4, 0.5) is 23.5 Å². The molecule has 2 fully saturated rings. The fourth-order valence-corrected chi connectivity index (χ4v) is 6.26. The van der Waals surface area contributed by atoms with Crippen LogP contribution in [0.15, 0.2) is 6.20 Å². The van der Waals surface area contributed by atoms with Gasteiger partial charge in [-0.2, -0.15) is 13.2 Å². The summed E-state index contributed by atoms with van der Waals surface area (Å²) in [7, 11) is 0.554. The largest absolute Gasteiger partial charge is 0.434 e. The van der Waals surface area contributed by atoms with Crippen LogP contribution in [0.1, 0.15) is 42.3 Å². The van der Waals surface area contributed by atoms with Crippen LogP contribution in [0.2, 0.25) is 0 Å². The monoisotopic (exact) mass is 522 g/mol. The summed E-state index contributed by atoms with van der Waals surface area (Å²) in [6.07, 6.45) is -0.431. The Morgan fingerprint density at radius 2 is 1.82 bits per heavy atom. The predicted octanol–water partition coefficient (Wildman–Crippen LogP) is 3.40. The third-order valence-corrected chi connectivity index (χ3v) is 8.85. The highest BCUT2D eigenvalue weighted by Gasteiger charge is 2.42. The number of halogens is 4. The van der Waals surface area contributed by atoms with Crippen molar-refractivity contribution < 1.29 is 26.0 Å². The summed E-state index contributed by atoms with van der Waals surface area (Å²) >= 11 is 0.828. The van der Waals surface area contributed by atoms with E-state index in [0.29, 0.717) is 43.8 Å². The number of piperidine rings is 1. The lowest BCUT2D eigenvalue weighted by atomic mass is 9.80. The normalized spacial score (nSPS) is 22.7. The van der Waals surface area contributed by atoms with E-state index in [-0.39, 0.29) is 28.8 Å². The van der Waals surface area contributed by atoms with Gasteiger partial charge in [0, 0.05) is 31.1 Å². The van der Waals surface area contributed by atoms with Gasteiger partial charge in [0.2, 0.25) is 16.0 Å². The summed E-state index contributed by atoms with van der Waals surface area (Å²) in [5.74, 6) is -1.07. The lowest BCUT2D eigenvalue weighted by Crippen LogP contribution is -2.42. The average Bonchev–Trinajstić information content (AvgIpc) is 3.13. The highest BCUT2D eigenvalue weighted by molar-refractivity contribution is 7.88. The molecule has 0 aromatic carbocycles. The molecule has 1 saturated heterocycles. The number of nitrogens with zero attached hydrogens (tertiary/aromatic N) is 5. The molecule has 14 heteroatoms. The quantitative estimate of drug-likeness (QED) is 0.582. The molecule has 0 spiro atoms. The highest BCUT2D eigenvalue weighted by Crippen LogP contribution is 2.47. The fraction of sp³-hybridized carbons (Fsp3) is 0.650. The third kappa shape index (κ3) is 5.34. The second kappa shape index (κ2) is 9.28. The summed E-state index contributed by atoms with van der Waals surface area (Å²) in [5, 5.41) is 3.34. The molecule has 188 valence electrons. The highest BCUT2D eigenvalue weighted by atomic mass is 32.2. The second-order valence-electron chi connectivity index (χ2n) is 8.98. The van der Waals surface area contributed by atoms with Gasteiger partial charge in [0.25, 0.3) is 0 Å². The predicted molar refractivity (Wildman–Crippen MR) is 121 cm³/mol. The van der Waals surface area contributed by atoms with Crippen LogP contribution in [-0.4, -0.2) is 78.1 Å². The first kappa shape index (κ1) is 25.2. The molecule has 1 saturated carbocycles. The minimum Gasteiger partial charge on any atom is -0.351 e. The molecule has 2 aromatic heterocycles. The zero-order chi connectivity index (χ0) is 24.8. The Kier molecular flexibility index (Phi) is 6.88. The van der Waals surface area contributed by atoms with Crippen molar-refractivity contribution in [3.63, 3.8) is 0 Å². The van der Waals surface area contributed by atoms with Crippen LogP contribution in [-0.2, 0) is 16.2 Å². The van der Waals surface area contributed by atoms with Crippen molar-refractivity contribution in [1.29, 1.82) is 0 Å². The minimum absolute atomic E-state index is 0.00593. The Morgan fingerprint density at radius 3 is 2.38 bits per heavy atom. The van der Waals surface area contributed by atoms with Gasteiger partial charge in [-0.15, -0.1) is 11.3 Å². The van der Waals surface area contributed by atoms with E-state index in [1.54, 1.807) is 0 Å². The number of alkyl halides is 3. The van der Waals surface area contributed by atoms with Gasteiger partial charge in [-0.1, -0.05) is 0 Å². The SMILES string of the molecule is CN(C)C1CC(c2nc(C(F)(F)F)c(-c3nc(NC4CCN(S(C)(=O)=O)CC4)ncc3F)s2)C1. The molecule has 0 amide bonds. The summed E-state index contributed by atoms with van der Waals surface area (Å²) in [5.41, 5.74) is -1.57. The van der Waals surface area contributed by atoms with Crippen LogP contribution in [0.25, 0.3) is 10.6 Å². The molecule has 0 bridgehead atoms. The molecule has 2 aliphatic rings. The number of hydrogen-bond donors (Lipinski definition) is 1. The van der Waals surface area contributed by atoms with Crippen molar-refractivity contribution >= 4 is 27.3 Å². The number of thiazole rings is 1. The molecule has 1 aliphatic carbocycles. The zero-order valence-electron chi connectivity index (χ0n) is 18.9. The van der Waals surface area contributed by atoms with Crippen molar-refractivity contribution in [1.82, 2.24) is 24.2 Å². The maximum Gasteiger partial charge on any atom is 0.434 e. The van der Waals surface area contributed by atoms with E-state index in [1.165, 1.54) is 4.31 Å². The summed E-state index contributed by atoms with van der Waals surface area (Å²) in [4.78, 5) is 13.5. The molecule has 3 heterocycles. The molecule has 8 nitrogen and oxygen atoms in total. The number of hydrogen-bond acceptors (Lipinski definition) is 8. The van der Waals surface area contributed by atoms with E-state index in [1.807, 2.05) is 19.0 Å². The molecule has 4 rings (SSSR count). The van der Waals surface area contributed by atoms with Crippen LogP contribution >= 0.6 is 11.3 Å². The summed E-state index contributed by atoms with van der Waals surface area (Å²) < 4.78 is 80.7. The van der Waals surface area contributed by atoms with Gasteiger partial charge in [0.1, 0.15) is 5.69 Å². The molecule has 34 heavy (non-hydrogen) atoms. The molecule has 0 unspecified atom stereocenters. The van der Waals surface area contributed by atoms with Gasteiger partial charge >= 0.3 is 6.18 Å². The molecule has 2 aromatic rings. The molecule has 1 aliphatic heterocycles. The van der Waals surface area contributed by atoms with E-state index in [4.69, 9.17) is 0 Å². The van der Waals surface area contributed by atoms with Gasteiger partial charge in [-0.25, -0.2) is 32.1 Å². The van der Waals surface area contributed by atoms with E-state index in [0.717, 1.165) is 23.8 Å². The Balaban J connectivity index is 1.57. The smallest absolute Gasteiger partial charge is 0.351 e. The van der Waals surface area contributed by atoms with Crippen molar-refractivity contribution in [3.8, 4) is 10.6 Å². The average molecular weight is 523 g/mol. The fourth-order valence-electron chi connectivity index (χ4n) is 4.19. The number of anilines is 1. The Morgan fingerprint density at radius 1 is 1.18 bits per heavy atom. The number of sulfonamides is 1. The lowest BCUT2D eigenvalue weighted by Gasteiger charge is -2.38.